The molecule has 0 unspecified atom stereocenters. The molecule has 0 bridgehead atoms. The van der Waals surface area contributed by atoms with Crippen LogP contribution in [0.3, 0.4) is 0 Å². The first-order chi connectivity index (χ1) is 34.2. The summed E-state index contributed by atoms with van der Waals surface area (Å²) in [4.78, 5) is 16.3. The Bertz CT molecular complexity index is 4280. The second-order valence-electron chi connectivity index (χ2n) is 17.5. The van der Waals surface area contributed by atoms with Crippen LogP contribution in [0.1, 0.15) is 0 Å². The molecular weight excluding hydrogens is 843 g/mol. The van der Waals surface area contributed by atoms with Gasteiger partial charge < -0.3 is 8.98 Å². The SMILES string of the molecule is c1ccc(-c2ccc(-c3cccc(-n4c5ccccc5c5ccc6c7ccccc7n(-c7nc(-c8ccccc8)nc(-c8cccc9oc%10cccc(-c%11ccccc%11)c%10c89)n7)c6c54)c3)cc2)cc1. The van der Waals surface area contributed by atoms with Gasteiger partial charge in [-0.15, -0.1) is 0 Å². The molecule has 69 heavy (non-hydrogen) atoms. The van der Waals surface area contributed by atoms with Gasteiger partial charge >= 0.3 is 0 Å². The van der Waals surface area contributed by atoms with Crippen molar-refractivity contribution in [2.45, 2.75) is 0 Å². The molecule has 0 aliphatic rings. The summed E-state index contributed by atoms with van der Waals surface area (Å²) < 4.78 is 11.3. The monoisotopic (exact) mass is 881 g/mol. The molecule has 0 saturated heterocycles. The molecule has 0 aliphatic heterocycles. The fraction of sp³-hybridized carbons (Fsp3) is 0. The molecule has 4 heterocycles. The van der Waals surface area contributed by atoms with E-state index in [0.29, 0.717) is 17.6 Å². The molecular formula is C63H39N5O. The Hall–Kier alpha value is -9.39. The average Bonchev–Trinajstić information content (AvgIpc) is 4.10. The zero-order valence-corrected chi connectivity index (χ0v) is 37.2. The third-order valence-corrected chi connectivity index (χ3v) is 13.6. The molecule has 0 radical (unpaired) electrons. The summed E-state index contributed by atoms with van der Waals surface area (Å²) in [5, 5.41) is 6.50. The number of furan rings is 1. The van der Waals surface area contributed by atoms with E-state index in [0.717, 1.165) is 105 Å². The maximum Gasteiger partial charge on any atom is 0.238 e. The zero-order chi connectivity index (χ0) is 45.4. The Labute approximate surface area is 396 Å². The number of hydrogen-bond donors (Lipinski definition) is 0. The lowest BCUT2D eigenvalue weighted by molar-refractivity contribution is 0.669. The van der Waals surface area contributed by atoms with Gasteiger partial charge in [-0.05, 0) is 69.8 Å². The second-order valence-corrected chi connectivity index (χ2v) is 17.5. The molecule has 14 rings (SSSR count). The minimum absolute atomic E-state index is 0.523. The molecule has 14 aromatic rings. The van der Waals surface area contributed by atoms with Crippen molar-refractivity contribution in [3.8, 4) is 67.8 Å². The normalized spacial score (nSPS) is 11.8. The molecule has 6 nitrogen and oxygen atoms in total. The number of hydrogen-bond acceptors (Lipinski definition) is 4. The van der Waals surface area contributed by atoms with Gasteiger partial charge in [0.15, 0.2) is 11.6 Å². The van der Waals surface area contributed by atoms with Gasteiger partial charge in [0.2, 0.25) is 5.95 Å². The van der Waals surface area contributed by atoms with Crippen molar-refractivity contribution < 1.29 is 4.42 Å². The highest BCUT2D eigenvalue weighted by molar-refractivity contribution is 6.24. The van der Waals surface area contributed by atoms with Gasteiger partial charge in [0.05, 0.1) is 22.1 Å². The van der Waals surface area contributed by atoms with Gasteiger partial charge in [0, 0.05) is 49.1 Å². The first-order valence-electron chi connectivity index (χ1n) is 23.3. The summed E-state index contributed by atoms with van der Waals surface area (Å²) in [6, 6.07) is 83.3. The Morgan fingerprint density at radius 1 is 0.304 bits per heavy atom. The van der Waals surface area contributed by atoms with Crippen molar-refractivity contribution >= 4 is 65.6 Å². The number of benzene rings is 10. The molecule has 4 aromatic heterocycles. The van der Waals surface area contributed by atoms with E-state index >= 15 is 0 Å². The highest BCUT2D eigenvalue weighted by Crippen LogP contribution is 2.44. The summed E-state index contributed by atoms with van der Waals surface area (Å²) in [6.07, 6.45) is 0. The number of para-hydroxylation sites is 2. The van der Waals surface area contributed by atoms with Gasteiger partial charge in [-0.2, -0.15) is 9.97 Å². The van der Waals surface area contributed by atoms with Crippen LogP contribution in [0.15, 0.2) is 241 Å². The lowest BCUT2D eigenvalue weighted by atomic mass is 9.97. The number of fused-ring (bicyclic) bond motifs is 10. The Morgan fingerprint density at radius 2 is 0.783 bits per heavy atom. The molecule has 0 atom stereocenters. The fourth-order valence-electron chi connectivity index (χ4n) is 10.5. The molecule has 0 saturated carbocycles. The second kappa shape index (κ2) is 15.6. The standard InChI is InChI=1S/C63H39N5O/c1-4-17-40(18-5-1)41-33-35-42(36-34-41)45-23-14-24-46(39-45)67-53-29-12-10-25-48(53)50-37-38-51-49-26-11-13-30-54(49)68(60(51)59(50)67)63-65-61(44-21-8-3-9-22-44)64-62(66-63)52-28-16-32-56-58(52)57-47(27-15-31-55(57)69-56)43-19-6-2-7-20-43/h1-39H. The van der Waals surface area contributed by atoms with E-state index in [4.69, 9.17) is 19.4 Å². The summed E-state index contributed by atoms with van der Waals surface area (Å²) in [5.41, 5.74) is 15.5. The summed E-state index contributed by atoms with van der Waals surface area (Å²) in [5.74, 6) is 1.66. The van der Waals surface area contributed by atoms with Crippen LogP contribution in [-0.2, 0) is 0 Å². The Kier molecular flexibility index (Phi) is 8.79. The number of rotatable bonds is 7. The van der Waals surface area contributed by atoms with E-state index in [1.165, 1.54) is 11.1 Å². The smallest absolute Gasteiger partial charge is 0.238 e. The number of nitrogens with zero attached hydrogens (tertiary/aromatic N) is 5. The molecule has 6 heteroatoms. The van der Waals surface area contributed by atoms with Gasteiger partial charge in [0.25, 0.3) is 0 Å². The summed E-state index contributed by atoms with van der Waals surface area (Å²) in [7, 11) is 0. The van der Waals surface area contributed by atoms with Crippen LogP contribution >= 0.6 is 0 Å². The minimum atomic E-state index is 0.523. The third-order valence-electron chi connectivity index (χ3n) is 13.6. The predicted molar refractivity (Wildman–Crippen MR) is 283 cm³/mol. The lowest BCUT2D eigenvalue weighted by Crippen LogP contribution is -2.07. The van der Waals surface area contributed by atoms with Gasteiger partial charge in [-0.1, -0.05) is 200 Å². The lowest BCUT2D eigenvalue weighted by Gasteiger charge is -2.14. The van der Waals surface area contributed by atoms with Crippen LogP contribution in [0.5, 0.6) is 0 Å². The van der Waals surface area contributed by atoms with E-state index < -0.39 is 0 Å². The maximum absolute atomic E-state index is 6.62. The van der Waals surface area contributed by atoms with Crippen LogP contribution in [0.4, 0.5) is 0 Å². The van der Waals surface area contributed by atoms with Crippen LogP contribution in [-0.4, -0.2) is 24.1 Å². The molecule has 10 aromatic carbocycles. The maximum atomic E-state index is 6.62. The highest BCUT2D eigenvalue weighted by Gasteiger charge is 2.25. The van der Waals surface area contributed by atoms with Crippen molar-refractivity contribution in [1.29, 1.82) is 0 Å². The minimum Gasteiger partial charge on any atom is -0.456 e. The summed E-state index contributed by atoms with van der Waals surface area (Å²) >= 11 is 0. The van der Waals surface area contributed by atoms with Crippen LogP contribution in [0.2, 0.25) is 0 Å². The molecule has 322 valence electrons. The largest absolute Gasteiger partial charge is 0.456 e. The van der Waals surface area contributed by atoms with E-state index in [1.54, 1.807) is 0 Å². The van der Waals surface area contributed by atoms with E-state index in [-0.39, 0.29) is 0 Å². The van der Waals surface area contributed by atoms with Crippen molar-refractivity contribution in [2.24, 2.45) is 0 Å². The van der Waals surface area contributed by atoms with E-state index in [2.05, 4.69) is 203 Å². The fourth-order valence-corrected chi connectivity index (χ4v) is 10.5. The average molecular weight is 882 g/mol. The molecule has 0 amide bonds. The molecule has 0 spiro atoms. The Balaban J connectivity index is 1.05. The van der Waals surface area contributed by atoms with Crippen molar-refractivity contribution in [2.75, 3.05) is 0 Å². The first kappa shape index (κ1) is 38.8. The van der Waals surface area contributed by atoms with Crippen molar-refractivity contribution in [3.05, 3.63) is 237 Å². The zero-order valence-electron chi connectivity index (χ0n) is 37.2. The third kappa shape index (κ3) is 6.23. The molecule has 0 N–H and O–H groups in total. The van der Waals surface area contributed by atoms with Crippen LogP contribution < -0.4 is 0 Å². The van der Waals surface area contributed by atoms with Gasteiger partial charge in [-0.25, -0.2) is 4.98 Å². The Morgan fingerprint density at radius 3 is 1.45 bits per heavy atom. The van der Waals surface area contributed by atoms with Crippen LogP contribution in [0, 0.1) is 0 Å². The number of aromatic nitrogens is 5. The molecule has 0 fully saturated rings. The van der Waals surface area contributed by atoms with Crippen LogP contribution in [0.25, 0.3) is 133 Å². The highest BCUT2D eigenvalue weighted by atomic mass is 16.3. The van der Waals surface area contributed by atoms with Crippen molar-refractivity contribution in [3.63, 3.8) is 0 Å². The van der Waals surface area contributed by atoms with Crippen molar-refractivity contribution in [1.82, 2.24) is 24.1 Å². The van der Waals surface area contributed by atoms with Gasteiger partial charge in [0.1, 0.15) is 11.2 Å². The first-order valence-corrected chi connectivity index (χ1v) is 23.3. The predicted octanol–water partition coefficient (Wildman–Crippen LogP) is 16.3. The summed E-state index contributed by atoms with van der Waals surface area (Å²) in [6.45, 7) is 0. The van der Waals surface area contributed by atoms with E-state index in [9.17, 15) is 0 Å². The molecule has 0 aliphatic carbocycles. The quantitative estimate of drug-likeness (QED) is 0.160. The van der Waals surface area contributed by atoms with Gasteiger partial charge in [-0.3, -0.25) is 4.57 Å². The van der Waals surface area contributed by atoms with E-state index in [1.807, 2.05) is 42.5 Å². The topological polar surface area (TPSA) is 61.7 Å².